The van der Waals surface area contributed by atoms with Crippen molar-refractivity contribution in [1.82, 2.24) is 0 Å². The van der Waals surface area contributed by atoms with E-state index >= 15 is 0 Å². The van der Waals surface area contributed by atoms with Gasteiger partial charge >= 0.3 is 5.51 Å². The molecule has 0 aliphatic heterocycles. The molecular weight excluding hydrogens is 413 g/mol. The first kappa shape index (κ1) is 21.8. The third-order valence-corrected chi connectivity index (χ3v) is 6.11. The molecule has 0 unspecified atom stereocenters. The molecule has 148 valence electrons. The average molecular weight is 428 g/mol. The molecule has 0 spiro atoms. The standard InChI is InChI=1S/C18H14OS.CHF3O3S/c19-15-11-13-18(14-12-15)20(16-7-3-1-4-8-16)17-9-5-2-6-10-17;2-1(3,4)8(5,6)7/h1-14H;(H,5,6,7). The number of hydrogen-bond acceptors (Lipinski definition) is 4. The Morgan fingerprint density at radius 1 is 0.714 bits per heavy atom. The Hall–Kier alpha value is -2.49. The summed E-state index contributed by atoms with van der Waals surface area (Å²) in [5.41, 5.74) is -5.65. The Bertz CT molecular complexity index is 936. The van der Waals surface area contributed by atoms with Crippen LogP contribution in [-0.4, -0.2) is 23.6 Å². The zero-order chi connectivity index (χ0) is 20.8. The molecule has 0 aliphatic rings. The van der Waals surface area contributed by atoms with Crippen molar-refractivity contribution in [3.63, 3.8) is 0 Å². The molecule has 0 aliphatic carbocycles. The van der Waals surface area contributed by atoms with E-state index in [4.69, 9.17) is 13.0 Å². The molecule has 9 heteroatoms. The summed E-state index contributed by atoms with van der Waals surface area (Å²) in [7, 11) is -6.22. The molecule has 0 atom stereocenters. The summed E-state index contributed by atoms with van der Waals surface area (Å²) >= 11 is 0. The number of halogens is 3. The van der Waals surface area contributed by atoms with Gasteiger partial charge in [-0.2, -0.15) is 13.2 Å². The Kier molecular flexibility index (Phi) is 7.11. The second-order valence-corrected chi connectivity index (χ2v) is 8.72. The van der Waals surface area contributed by atoms with Crippen LogP contribution in [0.15, 0.2) is 99.6 Å². The van der Waals surface area contributed by atoms with Gasteiger partial charge in [-0.3, -0.25) is 0 Å². The highest BCUT2D eigenvalue weighted by Crippen LogP contribution is 2.31. The molecule has 0 saturated carbocycles. The number of benzene rings is 3. The summed E-state index contributed by atoms with van der Waals surface area (Å²) < 4.78 is 58.9. The van der Waals surface area contributed by atoms with Gasteiger partial charge in [0.1, 0.15) is 5.75 Å². The van der Waals surface area contributed by atoms with E-state index in [-0.39, 0.29) is 10.9 Å². The number of rotatable bonds is 3. The van der Waals surface area contributed by atoms with Gasteiger partial charge < -0.3 is 9.66 Å². The van der Waals surface area contributed by atoms with Crippen LogP contribution in [0.4, 0.5) is 13.2 Å². The molecule has 0 fully saturated rings. The molecule has 3 aromatic carbocycles. The number of phenols is 1. The molecule has 28 heavy (non-hydrogen) atoms. The third-order valence-electron chi connectivity index (χ3n) is 3.31. The topological polar surface area (TPSA) is 77.4 Å². The first-order valence-electron chi connectivity index (χ1n) is 7.75. The summed E-state index contributed by atoms with van der Waals surface area (Å²) in [5, 5.41) is 9.48. The van der Waals surface area contributed by atoms with E-state index in [0.717, 1.165) is 0 Å². The van der Waals surface area contributed by atoms with Gasteiger partial charge in [0, 0.05) is 0 Å². The molecule has 0 saturated heterocycles. The monoisotopic (exact) mass is 428 g/mol. The van der Waals surface area contributed by atoms with Crippen LogP contribution in [-0.2, 0) is 21.0 Å². The van der Waals surface area contributed by atoms with Crippen molar-refractivity contribution in [1.29, 1.82) is 0 Å². The Labute approximate surface area is 163 Å². The maximum Gasteiger partial charge on any atom is 0.485 e. The number of alkyl halides is 3. The predicted octanol–water partition coefficient (Wildman–Crippen LogP) is 4.54. The Morgan fingerprint density at radius 2 is 1.04 bits per heavy atom. The number of phenolic OH excluding ortho intramolecular Hbond substituents is 1. The van der Waals surface area contributed by atoms with Crippen LogP contribution in [0.1, 0.15) is 0 Å². The SMILES string of the molecule is O=S(=O)([O-])C(F)(F)F.Oc1ccc([S+](c2ccccc2)c2ccccc2)cc1. The average Bonchev–Trinajstić information content (AvgIpc) is 2.64. The van der Waals surface area contributed by atoms with Gasteiger partial charge in [-0.1, -0.05) is 36.4 Å². The smallest absolute Gasteiger partial charge is 0.485 e. The second-order valence-electron chi connectivity index (χ2n) is 5.33. The lowest BCUT2D eigenvalue weighted by Crippen LogP contribution is -2.21. The van der Waals surface area contributed by atoms with Crippen LogP contribution in [0.25, 0.3) is 0 Å². The van der Waals surface area contributed by atoms with Crippen LogP contribution >= 0.6 is 0 Å². The van der Waals surface area contributed by atoms with Gasteiger partial charge in [0.25, 0.3) is 0 Å². The minimum atomic E-state index is -6.09. The van der Waals surface area contributed by atoms with Crippen LogP contribution in [0.2, 0.25) is 0 Å². The molecule has 1 N–H and O–H groups in total. The molecule has 0 radical (unpaired) electrons. The van der Waals surface area contributed by atoms with E-state index in [2.05, 4.69) is 48.5 Å². The fourth-order valence-corrected chi connectivity index (χ4v) is 4.19. The zero-order valence-corrected chi connectivity index (χ0v) is 15.8. The fourth-order valence-electron chi connectivity index (χ4n) is 2.10. The van der Waals surface area contributed by atoms with E-state index in [1.54, 1.807) is 12.1 Å². The maximum absolute atomic E-state index is 10.7. The highest BCUT2D eigenvalue weighted by molar-refractivity contribution is 7.97. The fraction of sp³-hybridized carbons (Fsp3) is 0.0526. The van der Waals surface area contributed by atoms with E-state index in [0.29, 0.717) is 5.75 Å². The number of aromatic hydroxyl groups is 1. The van der Waals surface area contributed by atoms with Gasteiger partial charge in [-0.25, -0.2) is 8.42 Å². The van der Waals surface area contributed by atoms with Crippen molar-refractivity contribution in [2.75, 3.05) is 0 Å². The van der Waals surface area contributed by atoms with Gasteiger partial charge in [0.2, 0.25) is 0 Å². The summed E-state index contributed by atoms with van der Waals surface area (Å²) in [6.07, 6.45) is 0. The summed E-state index contributed by atoms with van der Waals surface area (Å²) in [5.74, 6) is 0.304. The lowest BCUT2D eigenvalue weighted by atomic mass is 10.3. The van der Waals surface area contributed by atoms with E-state index in [9.17, 15) is 18.3 Å². The first-order valence-corrected chi connectivity index (χ1v) is 10.4. The molecule has 0 bridgehead atoms. The van der Waals surface area contributed by atoms with Crippen LogP contribution in [0.3, 0.4) is 0 Å². The minimum Gasteiger partial charge on any atom is -0.741 e. The van der Waals surface area contributed by atoms with Crippen LogP contribution in [0, 0.1) is 0 Å². The predicted molar refractivity (Wildman–Crippen MR) is 98.9 cm³/mol. The summed E-state index contributed by atoms with van der Waals surface area (Å²) in [4.78, 5) is 3.77. The molecule has 4 nitrogen and oxygen atoms in total. The van der Waals surface area contributed by atoms with Gasteiger partial charge in [0.15, 0.2) is 24.8 Å². The lowest BCUT2D eigenvalue weighted by Gasteiger charge is -2.08. The Balaban J connectivity index is 0.000000300. The minimum absolute atomic E-state index is 0.134. The highest BCUT2D eigenvalue weighted by atomic mass is 32.2. The van der Waals surface area contributed by atoms with Gasteiger partial charge in [-0.15, -0.1) is 0 Å². The van der Waals surface area contributed by atoms with Crippen LogP contribution in [0.5, 0.6) is 5.75 Å². The van der Waals surface area contributed by atoms with E-state index in [1.165, 1.54) is 14.7 Å². The van der Waals surface area contributed by atoms with Crippen molar-refractivity contribution >= 4 is 21.0 Å². The van der Waals surface area contributed by atoms with Gasteiger partial charge in [0.05, 0.1) is 10.9 Å². The summed E-state index contributed by atoms with van der Waals surface area (Å²) in [6, 6.07) is 28.5. The molecule has 3 rings (SSSR count). The Morgan fingerprint density at radius 3 is 1.36 bits per heavy atom. The quantitative estimate of drug-likeness (QED) is 0.378. The van der Waals surface area contributed by atoms with Crippen molar-refractivity contribution in [3.8, 4) is 5.75 Å². The third kappa shape index (κ3) is 6.01. The molecular formula is C19H15F3O4S2. The van der Waals surface area contributed by atoms with Crippen LogP contribution < -0.4 is 0 Å². The van der Waals surface area contributed by atoms with Crippen molar-refractivity contribution in [2.24, 2.45) is 0 Å². The van der Waals surface area contributed by atoms with E-state index in [1.807, 2.05) is 24.3 Å². The van der Waals surface area contributed by atoms with Crippen molar-refractivity contribution in [3.05, 3.63) is 84.9 Å². The molecule has 0 heterocycles. The molecule has 0 aromatic heterocycles. The van der Waals surface area contributed by atoms with Crippen molar-refractivity contribution in [2.45, 2.75) is 20.2 Å². The first-order chi connectivity index (χ1) is 13.1. The normalized spacial score (nSPS) is 11.6. The van der Waals surface area contributed by atoms with E-state index < -0.39 is 15.6 Å². The summed E-state index contributed by atoms with van der Waals surface area (Å²) in [6.45, 7) is 0. The largest absolute Gasteiger partial charge is 0.741 e. The number of hydrogen-bond donors (Lipinski definition) is 1. The highest BCUT2D eigenvalue weighted by Gasteiger charge is 2.36. The second kappa shape index (κ2) is 9.13. The molecule has 0 amide bonds. The molecule has 3 aromatic rings. The lowest BCUT2D eigenvalue weighted by molar-refractivity contribution is -0.0517. The maximum atomic E-state index is 10.7. The van der Waals surface area contributed by atoms with Crippen molar-refractivity contribution < 1.29 is 31.2 Å². The zero-order valence-electron chi connectivity index (χ0n) is 14.2. The van der Waals surface area contributed by atoms with Gasteiger partial charge in [-0.05, 0) is 48.5 Å².